The van der Waals surface area contributed by atoms with Crippen molar-refractivity contribution in [2.45, 2.75) is 0 Å². The average molecular weight is 369 g/mol. The molecule has 1 aromatic carbocycles. The van der Waals surface area contributed by atoms with Crippen LogP contribution in [0.25, 0.3) is 22.3 Å². The number of anilines is 2. The number of hydrogen-bond donors (Lipinski definition) is 0. The summed E-state index contributed by atoms with van der Waals surface area (Å²) < 4.78 is 0. The van der Waals surface area contributed by atoms with E-state index in [1.165, 1.54) is 0 Å². The van der Waals surface area contributed by atoms with Crippen molar-refractivity contribution >= 4 is 22.8 Å². The minimum absolute atomic E-state index is 0.763. The number of rotatable bonds is 3. The summed E-state index contributed by atoms with van der Waals surface area (Å²) in [7, 11) is 0. The van der Waals surface area contributed by atoms with Gasteiger partial charge in [0.25, 0.3) is 0 Å². The lowest BCUT2D eigenvalue weighted by molar-refractivity contribution is 0.635. The predicted octanol–water partition coefficient (Wildman–Crippen LogP) is 2.81. The van der Waals surface area contributed by atoms with E-state index in [-0.39, 0.29) is 0 Å². The van der Waals surface area contributed by atoms with Crippen LogP contribution in [0.5, 0.6) is 0 Å². The molecule has 28 heavy (non-hydrogen) atoms. The highest BCUT2D eigenvalue weighted by Gasteiger charge is 2.20. The molecule has 138 valence electrons. The molecule has 7 nitrogen and oxygen atoms in total. The Hall–Kier alpha value is -3.61. The molecule has 0 radical (unpaired) electrons. The van der Waals surface area contributed by atoms with Crippen LogP contribution >= 0.6 is 0 Å². The lowest BCUT2D eigenvalue weighted by Gasteiger charge is -2.35. The van der Waals surface area contributed by atoms with Gasteiger partial charge in [-0.1, -0.05) is 12.1 Å². The highest BCUT2D eigenvalue weighted by molar-refractivity contribution is 5.75. The van der Waals surface area contributed by atoms with Gasteiger partial charge in [0, 0.05) is 50.3 Å². The van der Waals surface area contributed by atoms with E-state index >= 15 is 0 Å². The fourth-order valence-corrected chi connectivity index (χ4v) is 3.42. The van der Waals surface area contributed by atoms with Crippen molar-refractivity contribution in [2.75, 3.05) is 36.0 Å². The molecule has 0 atom stereocenters. The highest BCUT2D eigenvalue weighted by Crippen LogP contribution is 2.21. The van der Waals surface area contributed by atoms with Crippen LogP contribution in [0.3, 0.4) is 0 Å². The summed E-state index contributed by atoms with van der Waals surface area (Å²) in [5.74, 6) is 1.68. The summed E-state index contributed by atoms with van der Waals surface area (Å²) >= 11 is 0. The van der Waals surface area contributed by atoms with Gasteiger partial charge in [0.05, 0.1) is 22.9 Å². The van der Waals surface area contributed by atoms with Crippen LogP contribution < -0.4 is 9.80 Å². The third kappa shape index (κ3) is 3.22. The van der Waals surface area contributed by atoms with Crippen LogP contribution in [0.1, 0.15) is 0 Å². The first-order valence-electron chi connectivity index (χ1n) is 9.32. The molecule has 4 heterocycles. The summed E-state index contributed by atoms with van der Waals surface area (Å²) in [6.07, 6.45) is 7.23. The maximum atomic E-state index is 4.76. The SMILES string of the molecule is c1ccc2nc(N3CCN(c4nccc(-c5ccncc5)n4)CC3)cnc2c1. The summed E-state index contributed by atoms with van der Waals surface area (Å²) in [5.41, 5.74) is 3.81. The number of para-hydroxylation sites is 2. The topological polar surface area (TPSA) is 70.9 Å². The zero-order chi connectivity index (χ0) is 18.8. The maximum absolute atomic E-state index is 4.76. The lowest BCUT2D eigenvalue weighted by atomic mass is 10.2. The first-order chi connectivity index (χ1) is 13.9. The standard InChI is InChI=1S/C21H19N7/c1-2-4-19-18(3-1)24-15-20(25-19)27-11-13-28(14-12-27)21-23-10-7-17(26-21)16-5-8-22-9-6-16/h1-10,15H,11-14H2. The quantitative estimate of drug-likeness (QED) is 0.550. The van der Waals surface area contributed by atoms with Gasteiger partial charge in [-0.15, -0.1) is 0 Å². The van der Waals surface area contributed by atoms with Gasteiger partial charge in [0.15, 0.2) is 0 Å². The van der Waals surface area contributed by atoms with E-state index in [0.717, 1.165) is 60.2 Å². The van der Waals surface area contributed by atoms with Crippen LogP contribution in [0.4, 0.5) is 11.8 Å². The van der Waals surface area contributed by atoms with Gasteiger partial charge < -0.3 is 9.80 Å². The minimum atomic E-state index is 0.763. The van der Waals surface area contributed by atoms with Crippen molar-refractivity contribution < 1.29 is 0 Å². The molecule has 0 N–H and O–H groups in total. The first-order valence-corrected chi connectivity index (χ1v) is 9.32. The Morgan fingerprint density at radius 2 is 1.43 bits per heavy atom. The van der Waals surface area contributed by atoms with Gasteiger partial charge in [-0.25, -0.2) is 15.0 Å². The molecular weight excluding hydrogens is 350 g/mol. The molecule has 0 spiro atoms. The van der Waals surface area contributed by atoms with E-state index in [1.807, 2.05) is 54.9 Å². The maximum Gasteiger partial charge on any atom is 0.225 e. The van der Waals surface area contributed by atoms with Gasteiger partial charge in [0.1, 0.15) is 5.82 Å². The van der Waals surface area contributed by atoms with Crippen LogP contribution in [-0.4, -0.2) is 51.1 Å². The van der Waals surface area contributed by atoms with E-state index in [2.05, 4.69) is 24.8 Å². The molecule has 0 bridgehead atoms. The molecule has 0 saturated carbocycles. The molecule has 7 heteroatoms. The third-order valence-electron chi connectivity index (χ3n) is 4.94. The van der Waals surface area contributed by atoms with Crippen molar-refractivity contribution in [3.05, 3.63) is 67.3 Å². The van der Waals surface area contributed by atoms with E-state index in [1.54, 1.807) is 12.4 Å². The van der Waals surface area contributed by atoms with E-state index in [9.17, 15) is 0 Å². The van der Waals surface area contributed by atoms with E-state index in [4.69, 9.17) is 9.97 Å². The first kappa shape index (κ1) is 16.6. The number of benzene rings is 1. The Balaban J connectivity index is 1.32. The summed E-state index contributed by atoms with van der Waals surface area (Å²) in [4.78, 5) is 27.1. The number of fused-ring (bicyclic) bond motifs is 1. The second-order valence-corrected chi connectivity index (χ2v) is 6.67. The molecule has 0 unspecified atom stereocenters. The molecule has 4 aromatic rings. The predicted molar refractivity (Wildman–Crippen MR) is 109 cm³/mol. The van der Waals surface area contributed by atoms with Gasteiger partial charge in [-0.2, -0.15) is 0 Å². The van der Waals surface area contributed by atoms with Gasteiger partial charge in [0.2, 0.25) is 5.95 Å². The number of nitrogens with zero attached hydrogens (tertiary/aromatic N) is 7. The molecule has 5 rings (SSSR count). The molecule has 1 aliphatic heterocycles. The largest absolute Gasteiger partial charge is 0.352 e. The zero-order valence-corrected chi connectivity index (χ0v) is 15.3. The summed E-state index contributed by atoms with van der Waals surface area (Å²) in [6, 6.07) is 13.8. The van der Waals surface area contributed by atoms with Crippen LogP contribution in [0.15, 0.2) is 67.3 Å². The van der Waals surface area contributed by atoms with Crippen molar-refractivity contribution in [3.8, 4) is 11.3 Å². The van der Waals surface area contributed by atoms with Crippen molar-refractivity contribution in [2.24, 2.45) is 0 Å². The van der Waals surface area contributed by atoms with Crippen molar-refractivity contribution in [1.29, 1.82) is 0 Å². The normalized spacial score (nSPS) is 14.4. The molecule has 1 fully saturated rings. The molecule has 1 saturated heterocycles. The zero-order valence-electron chi connectivity index (χ0n) is 15.3. The fourth-order valence-electron chi connectivity index (χ4n) is 3.42. The number of aromatic nitrogens is 5. The lowest BCUT2D eigenvalue weighted by Crippen LogP contribution is -2.47. The third-order valence-corrected chi connectivity index (χ3v) is 4.94. The molecule has 0 amide bonds. The number of pyridine rings is 1. The fraction of sp³-hybridized carbons (Fsp3) is 0.190. The van der Waals surface area contributed by atoms with Crippen LogP contribution in [0, 0.1) is 0 Å². The second kappa shape index (κ2) is 7.19. The van der Waals surface area contributed by atoms with Crippen molar-refractivity contribution in [3.63, 3.8) is 0 Å². The minimum Gasteiger partial charge on any atom is -0.352 e. The Kier molecular flexibility index (Phi) is 4.25. The second-order valence-electron chi connectivity index (χ2n) is 6.67. The smallest absolute Gasteiger partial charge is 0.225 e. The molecule has 1 aliphatic rings. The van der Waals surface area contributed by atoms with Gasteiger partial charge >= 0.3 is 0 Å². The monoisotopic (exact) mass is 369 g/mol. The number of piperazine rings is 1. The van der Waals surface area contributed by atoms with Crippen molar-refractivity contribution in [1.82, 2.24) is 24.9 Å². The number of hydrogen-bond acceptors (Lipinski definition) is 7. The Morgan fingerprint density at radius 1 is 0.679 bits per heavy atom. The Morgan fingerprint density at radius 3 is 2.25 bits per heavy atom. The summed E-state index contributed by atoms with van der Waals surface area (Å²) in [5, 5.41) is 0. The van der Waals surface area contributed by atoms with Gasteiger partial charge in [-0.05, 0) is 30.3 Å². The molecule has 0 aliphatic carbocycles. The average Bonchev–Trinajstić information content (AvgIpc) is 2.79. The Labute approximate surface area is 162 Å². The Bertz CT molecular complexity index is 1090. The van der Waals surface area contributed by atoms with E-state index in [0.29, 0.717) is 0 Å². The highest BCUT2D eigenvalue weighted by atomic mass is 15.3. The summed E-state index contributed by atoms with van der Waals surface area (Å²) in [6.45, 7) is 3.40. The molecular formula is C21H19N7. The van der Waals surface area contributed by atoms with Crippen LogP contribution in [-0.2, 0) is 0 Å². The molecule has 3 aromatic heterocycles. The van der Waals surface area contributed by atoms with E-state index < -0.39 is 0 Å². The van der Waals surface area contributed by atoms with Gasteiger partial charge in [-0.3, -0.25) is 9.97 Å². The van der Waals surface area contributed by atoms with Crippen LogP contribution in [0.2, 0.25) is 0 Å².